The van der Waals surface area contributed by atoms with Gasteiger partial charge < -0.3 is 10.5 Å². The van der Waals surface area contributed by atoms with Crippen molar-refractivity contribution in [2.24, 2.45) is 5.73 Å². The molecule has 18 heavy (non-hydrogen) atoms. The Morgan fingerprint density at radius 3 is 2.44 bits per heavy atom. The summed E-state index contributed by atoms with van der Waals surface area (Å²) in [7, 11) is 1.52. The molecule has 0 radical (unpaired) electrons. The lowest BCUT2D eigenvalue weighted by Crippen LogP contribution is -2.15. The molecule has 0 heterocycles. The van der Waals surface area contributed by atoms with Crippen molar-refractivity contribution < 1.29 is 17.9 Å². The molecule has 0 aliphatic rings. The van der Waals surface area contributed by atoms with Crippen LogP contribution in [0.3, 0.4) is 0 Å². The molecule has 0 amide bonds. The van der Waals surface area contributed by atoms with Crippen LogP contribution in [0.1, 0.15) is 24.4 Å². The van der Waals surface area contributed by atoms with Gasteiger partial charge in [-0.2, -0.15) is 13.2 Å². The molecule has 0 aromatic heterocycles. The lowest BCUT2D eigenvalue weighted by molar-refractivity contribution is -0.136. The Morgan fingerprint density at radius 2 is 2.00 bits per heavy atom. The summed E-state index contributed by atoms with van der Waals surface area (Å²) < 4.78 is 41.8. The van der Waals surface area contributed by atoms with E-state index in [0.29, 0.717) is 15.8 Å². The Hall–Kier alpha value is -0.460. The summed E-state index contributed by atoms with van der Waals surface area (Å²) in [6.07, 6.45) is -5.17. The number of nitrogens with two attached hydrogens (primary N) is 1. The van der Waals surface area contributed by atoms with Crippen LogP contribution in [0.15, 0.2) is 22.7 Å². The van der Waals surface area contributed by atoms with Gasteiger partial charge in [0.05, 0.1) is 11.6 Å². The minimum absolute atomic E-state index is 0. The predicted octanol–water partition coefficient (Wildman–Crippen LogP) is 4.22. The predicted molar refractivity (Wildman–Crippen MR) is 70.2 cm³/mol. The number of ether oxygens (including phenoxy) is 1. The number of rotatable bonds is 4. The molecule has 0 saturated heterocycles. The number of hydrogen-bond donors (Lipinski definition) is 1. The third-order valence-electron chi connectivity index (χ3n) is 2.34. The van der Waals surface area contributed by atoms with Gasteiger partial charge in [0.15, 0.2) is 0 Å². The maximum absolute atomic E-state index is 12.0. The topological polar surface area (TPSA) is 35.2 Å². The van der Waals surface area contributed by atoms with Gasteiger partial charge in [-0.1, -0.05) is 6.07 Å². The van der Waals surface area contributed by atoms with Crippen LogP contribution in [0.5, 0.6) is 5.75 Å². The van der Waals surface area contributed by atoms with Gasteiger partial charge in [0, 0.05) is 12.5 Å². The fraction of sp³-hybridized carbons (Fsp3) is 0.455. The molecule has 1 atom stereocenters. The van der Waals surface area contributed by atoms with E-state index in [1.54, 1.807) is 18.2 Å². The Bertz CT molecular complexity index is 387. The van der Waals surface area contributed by atoms with E-state index in [1.165, 1.54) is 7.11 Å². The van der Waals surface area contributed by atoms with Gasteiger partial charge in [-0.25, -0.2) is 0 Å². The van der Waals surface area contributed by atoms with E-state index in [-0.39, 0.29) is 18.8 Å². The van der Waals surface area contributed by atoms with E-state index in [4.69, 9.17) is 10.5 Å². The van der Waals surface area contributed by atoms with E-state index < -0.39 is 18.6 Å². The van der Waals surface area contributed by atoms with Gasteiger partial charge in [-0.15, -0.1) is 12.4 Å². The highest BCUT2D eigenvalue weighted by Crippen LogP contribution is 2.30. The molecule has 0 aliphatic heterocycles. The van der Waals surface area contributed by atoms with Crippen LogP contribution in [0.2, 0.25) is 0 Å². The zero-order valence-corrected chi connectivity index (χ0v) is 12.0. The molecule has 2 nitrogen and oxygen atoms in total. The minimum Gasteiger partial charge on any atom is -0.496 e. The van der Waals surface area contributed by atoms with Crippen LogP contribution in [-0.4, -0.2) is 13.3 Å². The fourth-order valence-electron chi connectivity index (χ4n) is 1.40. The SMILES string of the molecule is COc1ccc([C@H](N)CCC(F)(F)F)cc1Br.Cl. The smallest absolute Gasteiger partial charge is 0.389 e. The standard InChI is InChI=1S/C11H13BrF3NO.ClH/c1-17-10-3-2-7(6-8(10)12)9(16)4-5-11(13,14)15;/h2-3,6,9H,4-5,16H2,1H3;1H/t9-;/m1./s1. The van der Waals surface area contributed by atoms with Crippen LogP contribution >= 0.6 is 28.3 Å². The highest BCUT2D eigenvalue weighted by atomic mass is 79.9. The van der Waals surface area contributed by atoms with Crippen molar-refractivity contribution in [1.82, 2.24) is 0 Å². The van der Waals surface area contributed by atoms with Crippen LogP contribution in [-0.2, 0) is 0 Å². The van der Waals surface area contributed by atoms with Crippen molar-refractivity contribution in [2.45, 2.75) is 25.1 Å². The molecular formula is C11H14BrClF3NO. The third kappa shape index (κ3) is 5.46. The number of halogens is 5. The maximum atomic E-state index is 12.0. The number of hydrogen-bond acceptors (Lipinski definition) is 2. The van der Waals surface area contributed by atoms with Gasteiger partial charge in [0.1, 0.15) is 5.75 Å². The van der Waals surface area contributed by atoms with Crippen LogP contribution in [0.4, 0.5) is 13.2 Å². The lowest BCUT2D eigenvalue weighted by Gasteiger charge is -2.14. The van der Waals surface area contributed by atoms with Gasteiger partial charge in [0.25, 0.3) is 0 Å². The molecule has 1 rings (SSSR count). The first-order valence-electron chi connectivity index (χ1n) is 4.99. The van der Waals surface area contributed by atoms with E-state index >= 15 is 0 Å². The van der Waals surface area contributed by atoms with E-state index in [0.717, 1.165) is 0 Å². The molecule has 0 spiro atoms. The first-order chi connectivity index (χ1) is 7.83. The average molecular weight is 349 g/mol. The maximum Gasteiger partial charge on any atom is 0.389 e. The average Bonchev–Trinajstić information content (AvgIpc) is 2.24. The molecule has 0 fully saturated rings. The zero-order valence-electron chi connectivity index (χ0n) is 9.63. The largest absolute Gasteiger partial charge is 0.496 e. The summed E-state index contributed by atoms with van der Waals surface area (Å²) in [5.41, 5.74) is 6.36. The Labute approximate surface area is 118 Å². The second-order valence-electron chi connectivity index (χ2n) is 3.65. The van der Waals surface area contributed by atoms with E-state index in [2.05, 4.69) is 15.9 Å². The summed E-state index contributed by atoms with van der Waals surface area (Å²) in [4.78, 5) is 0. The first-order valence-corrected chi connectivity index (χ1v) is 5.78. The second kappa shape index (κ2) is 7.21. The summed E-state index contributed by atoms with van der Waals surface area (Å²) in [6.45, 7) is 0. The highest BCUT2D eigenvalue weighted by molar-refractivity contribution is 9.10. The van der Waals surface area contributed by atoms with E-state index in [1.807, 2.05) is 0 Å². The molecule has 1 aromatic rings. The van der Waals surface area contributed by atoms with Crippen molar-refractivity contribution in [2.75, 3.05) is 7.11 Å². The Balaban J connectivity index is 0.00000289. The lowest BCUT2D eigenvalue weighted by atomic mass is 10.0. The molecule has 2 N–H and O–H groups in total. The van der Waals surface area contributed by atoms with Gasteiger partial charge in [-0.05, 0) is 40.0 Å². The quantitative estimate of drug-likeness (QED) is 0.884. The van der Waals surface area contributed by atoms with Gasteiger partial charge in [-0.3, -0.25) is 0 Å². The van der Waals surface area contributed by atoms with Crippen LogP contribution in [0, 0.1) is 0 Å². The monoisotopic (exact) mass is 347 g/mol. The minimum atomic E-state index is -4.17. The number of methoxy groups -OCH3 is 1. The van der Waals surface area contributed by atoms with Crippen molar-refractivity contribution in [3.05, 3.63) is 28.2 Å². The van der Waals surface area contributed by atoms with Crippen molar-refractivity contribution in [3.8, 4) is 5.75 Å². The van der Waals surface area contributed by atoms with Crippen LogP contribution in [0.25, 0.3) is 0 Å². The first kappa shape index (κ1) is 17.5. The fourth-order valence-corrected chi connectivity index (χ4v) is 1.96. The molecule has 0 saturated carbocycles. The van der Waals surface area contributed by atoms with Crippen molar-refractivity contribution in [3.63, 3.8) is 0 Å². The number of alkyl halides is 3. The van der Waals surface area contributed by atoms with Gasteiger partial charge in [0.2, 0.25) is 0 Å². The summed E-state index contributed by atoms with van der Waals surface area (Å²) in [5.74, 6) is 0.622. The summed E-state index contributed by atoms with van der Waals surface area (Å²) >= 11 is 3.26. The molecule has 0 unspecified atom stereocenters. The Kier molecular flexibility index (Phi) is 7.02. The van der Waals surface area contributed by atoms with Gasteiger partial charge >= 0.3 is 6.18 Å². The summed E-state index contributed by atoms with van der Waals surface area (Å²) in [6, 6.07) is 4.40. The summed E-state index contributed by atoms with van der Waals surface area (Å²) in [5, 5.41) is 0. The number of benzene rings is 1. The van der Waals surface area contributed by atoms with Crippen molar-refractivity contribution in [1.29, 1.82) is 0 Å². The molecule has 0 bridgehead atoms. The zero-order chi connectivity index (χ0) is 13.1. The molecule has 1 aromatic carbocycles. The highest BCUT2D eigenvalue weighted by Gasteiger charge is 2.27. The van der Waals surface area contributed by atoms with Crippen LogP contribution < -0.4 is 10.5 Å². The second-order valence-corrected chi connectivity index (χ2v) is 4.51. The molecular weight excluding hydrogens is 334 g/mol. The molecule has 0 aliphatic carbocycles. The molecule has 104 valence electrons. The van der Waals surface area contributed by atoms with E-state index in [9.17, 15) is 13.2 Å². The Morgan fingerprint density at radius 1 is 1.39 bits per heavy atom. The normalized spacial score (nSPS) is 12.8. The van der Waals surface area contributed by atoms with Crippen molar-refractivity contribution >= 4 is 28.3 Å². The third-order valence-corrected chi connectivity index (χ3v) is 2.96. The molecule has 7 heteroatoms.